The molecule has 0 atom stereocenters. The summed E-state index contributed by atoms with van der Waals surface area (Å²) < 4.78 is 5.23. The first kappa shape index (κ1) is 19.0. The van der Waals surface area contributed by atoms with Crippen molar-refractivity contribution in [1.29, 1.82) is 0 Å². The average Bonchev–Trinajstić information content (AvgIpc) is 3.04. The number of carbonyl (C=O) groups is 1. The maximum atomic E-state index is 11.9. The van der Waals surface area contributed by atoms with Crippen molar-refractivity contribution in [2.75, 3.05) is 33.9 Å². The van der Waals surface area contributed by atoms with Gasteiger partial charge < -0.3 is 20.7 Å². The number of nitrogens with zero attached hydrogens (tertiary/aromatic N) is 1. The van der Waals surface area contributed by atoms with Gasteiger partial charge in [-0.05, 0) is 37.5 Å². The van der Waals surface area contributed by atoms with Gasteiger partial charge in [0.2, 0.25) is 5.91 Å². The van der Waals surface area contributed by atoms with Gasteiger partial charge >= 0.3 is 0 Å². The van der Waals surface area contributed by atoms with Gasteiger partial charge in [-0.15, -0.1) is 0 Å². The topological polar surface area (TPSA) is 74.8 Å². The van der Waals surface area contributed by atoms with Crippen molar-refractivity contribution in [3.05, 3.63) is 0 Å². The third kappa shape index (κ3) is 5.96. The molecular formula is C18H34N4O2. The van der Waals surface area contributed by atoms with Crippen LogP contribution in [0.5, 0.6) is 0 Å². The van der Waals surface area contributed by atoms with E-state index in [-0.39, 0.29) is 5.91 Å². The summed E-state index contributed by atoms with van der Waals surface area (Å²) in [5, 5.41) is 9.78. The first-order valence-electron chi connectivity index (χ1n) is 9.40. The molecule has 2 fully saturated rings. The number of nitrogens with one attached hydrogen (secondary N) is 3. The minimum atomic E-state index is 0.139. The lowest BCUT2D eigenvalue weighted by atomic mass is 9.67. The maximum absolute atomic E-state index is 11.9. The molecule has 6 heteroatoms. The molecular weight excluding hydrogens is 304 g/mol. The highest BCUT2D eigenvalue weighted by atomic mass is 16.5. The molecule has 0 aromatic carbocycles. The van der Waals surface area contributed by atoms with Crippen LogP contribution in [0, 0.1) is 5.41 Å². The molecule has 3 N–H and O–H groups in total. The summed E-state index contributed by atoms with van der Waals surface area (Å²) in [7, 11) is 3.54. The number of rotatable bonds is 9. The quantitative estimate of drug-likeness (QED) is 0.443. The molecule has 0 saturated heterocycles. The van der Waals surface area contributed by atoms with Crippen molar-refractivity contribution < 1.29 is 9.53 Å². The zero-order valence-electron chi connectivity index (χ0n) is 15.3. The lowest BCUT2D eigenvalue weighted by Crippen LogP contribution is -2.47. The Kier molecular flexibility index (Phi) is 7.82. The Hall–Kier alpha value is -1.30. The minimum Gasteiger partial charge on any atom is -0.385 e. The number of guanidine groups is 1. The molecule has 24 heavy (non-hydrogen) atoms. The van der Waals surface area contributed by atoms with Crippen LogP contribution in [0.2, 0.25) is 0 Å². The molecule has 2 aliphatic rings. The molecule has 0 heterocycles. The molecule has 1 amide bonds. The van der Waals surface area contributed by atoms with Crippen molar-refractivity contribution >= 4 is 11.9 Å². The predicted molar refractivity (Wildman–Crippen MR) is 97.2 cm³/mol. The van der Waals surface area contributed by atoms with Crippen LogP contribution in [0.25, 0.3) is 0 Å². The third-order valence-electron chi connectivity index (χ3n) is 5.47. The highest BCUT2D eigenvalue weighted by molar-refractivity contribution is 5.81. The van der Waals surface area contributed by atoms with Gasteiger partial charge in [-0.1, -0.05) is 19.3 Å². The Labute approximate surface area is 146 Å². The Balaban J connectivity index is 1.62. The van der Waals surface area contributed by atoms with Crippen LogP contribution in [0.4, 0.5) is 0 Å². The predicted octanol–water partition coefficient (Wildman–Crippen LogP) is 1.81. The fraction of sp³-hybridized carbons (Fsp3) is 0.889. The van der Waals surface area contributed by atoms with Gasteiger partial charge in [0.05, 0.1) is 0 Å². The van der Waals surface area contributed by atoms with Crippen molar-refractivity contribution in [2.24, 2.45) is 10.4 Å². The molecule has 6 nitrogen and oxygen atoms in total. The molecule has 0 aliphatic heterocycles. The van der Waals surface area contributed by atoms with E-state index in [0.29, 0.717) is 24.4 Å². The molecule has 0 radical (unpaired) electrons. The van der Waals surface area contributed by atoms with Gasteiger partial charge in [-0.3, -0.25) is 9.79 Å². The van der Waals surface area contributed by atoms with Gasteiger partial charge in [0, 0.05) is 46.3 Å². The van der Waals surface area contributed by atoms with Gasteiger partial charge in [0.1, 0.15) is 0 Å². The molecule has 0 unspecified atom stereocenters. The smallest absolute Gasteiger partial charge is 0.221 e. The highest BCUT2D eigenvalue weighted by Crippen LogP contribution is 2.43. The summed E-state index contributed by atoms with van der Waals surface area (Å²) in [5.74, 6) is 0.924. The number of ether oxygens (including phenoxy) is 1. The summed E-state index contributed by atoms with van der Waals surface area (Å²) >= 11 is 0. The van der Waals surface area contributed by atoms with Crippen molar-refractivity contribution in [3.63, 3.8) is 0 Å². The van der Waals surface area contributed by atoms with Crippen molar-refractivity contribution in [1.82, 2.24) is 16.0 Å². The summed E-state index contributed by atoms with van der Waals surface area (Å²) in [4.78, 5) is 16.2. The van der Waals surface area contributed by atoms with E-state index in [4.69, 9.17) is 4.74 Å². The molecule has 0 aromatic rings. The lowest BCUT2D eigenvalue weighted by molar-refractivity contribution is -0.121. The first-order chi connectivity index (χ1) is 11.7. The molecule has 2 aliphatic carbocycles. The standard InChI is InChI=1S/C18H34N4O2/c1-19-17(21-14-18(9-5-10-18)11-13-24-2)20-12-8-16(23)22-15-6-3-4-7-15/h15H,3-14H2,1-2H3,(H,22,23)(H2,19,20,21). The number of aliphatic imine (C=N–C) groups is 1. The van der Waals surface area contributed by atoms with Gasteiger partial charge in [-0.25, -0.2) is 0 Å². The monoisotopic (exact) mass is 338 g/mol. The van der Waals surface area contributed by atoms with E-state index in [1.165, 1.54) is 32.1 Å². The average molecular weight is 338 g/mol. The van der Waals surface area contributed by atoms with E-state index < -0.39 is 0 Å². The molecule has 138 valence electrons. The molecule has 0 aromatic heterocycles. The van der Waals surface area contributed by atoms with Crippen LogP contribution in [0.1, 0.15) is 57.8 Å². The fourth-order valence-electron chi connectivity index (χ4n) is 3.67. The van der Waals surface area contributed by atoms with E-state index >= 15 is 0 Å². The Morgan fingerprint density at radius 1 is 1.21 bits per heavy atom. The number of amides is 1. The van der Waals surface area contributed by atoms with Crippen molar-refractivity contribution in [2.45, 2.75) is 63.8 Å². The van der Waals surface area contributed by atoms with Crippen LogP contribution in [-0.2, 0) is 9.53 Å². The normalized spacial score (nSPS) is 20.5. The summed E-state index contributed by atoms with van der Waals surface area (Å²) in [6.07, 6.45) is 10.1. The largest absolute Gasteiger partial charge is 0.385 e. The second-order valence-corrected chi connectivity index (χ2v) is 7.25. The first-order valence-corrected chi connectivity index (χ1v) is 9.40. The second-order valence-electron chi connectivity index (χ2n) is 7.25. The summed E-state index contributed by atoms with van der Waals surface area (Å²) in [6.45, 7) is 2.35. The Morgan fingerprint density at radius 2 is 1.96 bits per heavy atom. The maximum Gasteiger partial charge on any atom is 0.221 e. The number of carbonyl (C=O) groups excluding carboxylic acids is 1. The van der Waals surface area contributed by atoms with Crippen LogP contribution in [-0.4, -0.2) is 51.8 Å². The third-order valence-corrected chi connectivity index (χ3v) is 5.47. The lowest BCUT2D eigenvalue weighted by Gasteiger charge is -2.42. The van der Waals surface area contributed by atoms with Crippen molar-refractivity contribution in [3.8, 4) is 0 Å². The molecule has 2 saturated carbocycles. The number of hydrogen-bond acceptors (Lipinski definition) is 3. The van der Waals surface area contributed by atoms with Gasteiger partial charge in [0.15, 0.2) is 5.96 Å². The Morgan fingerprint density at radius 3 is 2.54 bits per heavy atom. The number of methoxy groups -OCH3 is 1. The Bertz CT molecular complexity index is 415. The second kappa shape index (κ2) is 9.87. The molecule has 2 rings (SSSR count). The zero-order valence-corrected chi connectivity index (χ0v) is 15.3. The van der Waals surface area contributed by atoms with E-state index in [2.05, 4.69) is 20.9 Å². The van der Waals surface area contributed by atoms with E-state index in [0.717, 1.165) is 38.4 Å². The molecule has 0 spiro atoms. The van der Waals surface area contributed by atoms with Crippen LogP contribution < -0.4 is 16.0 Å². The van der Waals surface area contributed by atoms with Gasteiger partial charge in [-0.2, -0.15) is 0 Å². The van der Waals surface area contributed by atoms with Crippen LogP contribution in [0.3, 0.4) is 0 Å². The van der Waals surface area contributed by atoms with E-state index in [1.54, 1.807) is 14.2 Å². The minimum absolute atomic E-state index is 0.139. The van der Waals surface area contributed by atoms with E-state index in [1.807, 2.05) is 0 Å². The highest BCUT2D eigenvalue weighted by Gasteiger charge is 2.36. The SMILES string of the molecule is CN=C(NCCC(=O)NC1CCCC1)NCC1(CCOC)CCC1. The zero-order chi connectivity index (χ0) is 17.3. The summed E-state index contributed by atoms with van der Waals surface area (Å²) in [5.41, 5.74) is 0.355. The van der Waals surface area contributed by atoms with Crippen LogP contribution in [0.15, 0.2) is 4.99 Å². The van der Waals surface area contributed by atoms with E-state index in [9.17, 15) is 4.79 Å². The van der Waals surface area contributed by atoms with Crippen LogP contribution >= 0.6 is 0 Å². The van der Waals surface area contributed by atoms with Gasteiger partial charge in [0.25, 0.3) is 0 Å². The number of hydrogen-bond donors (Lipinski definition) is 3. The fourth-order valence-corrected chi connectivity index (χ4v) is 3.67. The summed E-state index contributed by atoms with van der Waals surface area (Å²) in [6, 6.07) is 0.397. The molecule has 0 bridgehead atoms.